The number of hydrogen-bond acceptors (Lipinski definition) is 14. The third kappa shape index (κ3) is 15.1. The number of pyridine rings is 2. The normalized spacial score (nSPS) is 9.79. The van der Waals surface area contributed by atoms with E-state index in [-0.39, 0.29) is 0 Å². The molecule has 0 spiro atoms. The Balaban J connectivity index is 0.000000114. The van der Waals surface area contributed by atoms with Gasteiger partial charge in [0, 0.05) is 105 Å². The van der Waals surface area contributed by atoms with Crippen LogP contribution in [0.5, 0.6) is 0 Å². The second kappa shape index (κ2) is 26.2. The Morgan fingerprint density at radius 1 is 0.388 bits per heavy atom. The Bertz CT molecular complexity index is 2800. The zero-order valence-corrected chi connectivity index (χ0v) is 36.5. The van der Waals surface area contributed by atoms with E-state index in [9.17, 15) is 0 Å². The summed E-state index contributed by atoms with van der Waals surface area (Å²) in [6, 6.07) is 41.3. The van der Waals surface area contributed by atoms with Crippen molar-refractivity contribution in [3.63, 3.8) is 0 Å². The summed E-state index contributed by atoms with van der Waals surface area (Å²) in [5.41, 5.74) is 7.67. The molecule has 0 unspecified atom stereocenters. The van der Waals surface area contributed by atoms with Crippen LogP contribution >= 0.6 is 11.3 Å². The highest BCUT2D eigenvalue weighted by molar-refractivity contribution is 7.16. The van der Waals surface area contributed by atoms with E-state index in [0.29, 0.717) is 0 Å². The Morgan fingerprint density at radius 2 is 1.06 bits per heavy atom. The molecule has 14 rings (SSSR count). The first-order valence-corrected chi connectivity index (χ1v) is 21.3. The third-order valence-corrected chi connectivity index (χ3v) is 9.40. The molecule has 67 heavy (non-hydrogen) atoms. The van der Waals surface area contributed by atoms with E-state index in [0.717, 1.165) is 39.2 Å². The quantitative estimate of drug-likeness (QED) is 0.140. The first-order chi connectivity index (χ1) is 33.3. The molecule has 0 radical (unpaired) electrons. The van der Waals surface area contributed by atoms with Gasteiger partial charge in [-0.3, -0.25) is 19.4 Å². The number of nitrogens with zero attached hydrogens (tertiary/aromatic N) is 15. The van der Waals surface area contributed by atoms with E-state index >= 15 is 0 Å². The number of hydrogen-bond donors (Lipinski definition) is 0. The lowest BCUT2D eigenvalue weighted by Gasteiger charge is -1.91. The molecule has 0 aliphatic heterocycles. The number of fused-ring (bicyclic) bond motifs is 6. The van der Waals surface area contributed by atoms with Crippen molar-refractivity contribution in [2.75, 3.05) is 0 Å². The smallest absolute Gasteiger partial charge is 0.233 e. The summed E-state index contributed by atoms with van der Waals surface area (Å²) < 4.78 is 11.8. The summed E-state index contributed by atoms with van der Waals surface area (Å²) in [6.45, 7) is 0. The van der Waals surface area contributed by atoms with Crippen molar-refractivity contribution >= 4 is 60.6 Å². The minimum atomic E-state index is 0.748. The zero-order chi connectivity index (χ0) is 45.8. The summed E-state index contributed by atoms with van der Waals surface area (Å²) in [5.74, 6) is 0.748. The van der Waals surface area contributed by atoms with Crippen LogP contribution in [0.2, 0.25) is 0 Å². The van der Waals surface area contributed by atoms with Gasteiger partial charge in [0.05, 0.1) is 27.4 Å². The first-order valence-electron chi connectivity index (χ1n) is 20.4. The van der Waals surface area contributed by atoms with Crippen molar-refractivity contribution in [2.45, 2.75) is 0 Å². The van der Waals surface area contributed by atoms with Crippen LogP contribution in [0, 0.1) is 0 Å². The highest BCUT2D eigenvalue weighted by Gasteiger charge is 1.93. The first kappa shape index (κ1) is 45.5. The fraction of sp³-hybridized carbons (Fsp3) is 0. The van der Waals surface area contributed by atoms with E-state index < -0.39 is 0 Å². The molecule has 0 fully saturated rings. The lowest BCUT2D eigenvalue weighted by atomic mass is 10.2. The van der Waals surface area contributed by atoms with Gasteiger partial charge in [-0.25, -0.2) is 44.4 Å². The van der Waals surface area contributed by atoms with E-state index in [4.69, 9.17) is 4.42 Å². The van der Waals surface area contributed by atoms with Crippen molar-refractivity contribution in [1.82, 2.24) is 73.2 Å². The lowest BCUT2D eigenvalue weighted by molar-refractivity contribution is 0.602. The van der Waals surface area contributed by atoms with Gasteiger partial charge in [0.2, 0.25) is 5.78 Å². The monoisotopic (exact) mass is 899 g/mol. The van der Waals surface area contributed by atoms with Gasteiger partial charge >= 0.3 is 0 Å². The van der Waals surface area contributed by atoms with Gasteiger partial charge in [-0.1, -0.05) is 54.6 Å². The largest absolute Gasteiger partial charge is 0.443 e. The van der Waals surface area contributed by atoms with Crippen LogP contribution in [0.15, 0.2) is 255 Å². The summed E-state index contributed by atoms with van der Waals surface area (Å²) in [6.07, 6.45) is 32.8. The fourth-order valence-electron chi connectivity index (χ4n) is 5.53. The number of para-hydroxylation sites is 4. The van der Waals surface area contributed by atoms with Crippen molar-refractivity contribution in [3.05, 3.63) is 251 Å². The number of imidazole rings is 2. The summed E-state index contributed by atoms with van der Waals surface area (Å²) in [4.78, 5) is 43.1. The van der Waals surface area contributed by atoms with E-state index in [1.165, 1.54) is 22.8 Å². The van der Waals surface area contributed by atoms with Crippen molar-refractivity contribution in [2.24, 2.45) is 0 Å². The maximum absolute atomic E-state index is 5.01. The zero-order valence-electron chi connectivity index (χ0n) is 35.7. The topological polar surface area (TPSA) is 181 Å². The van der Waals surface area contributed by atoms with Crippen LogP contribution in [-0.2, 0) is 0 Å². The standard InChI is InChI=1S/C9H7N.C7H6N2.C7H5NO.C7H5NS.2C6H5N3.2C4H4N2/c1-2-6-9-8(4-1)5-3-7-10-9;1-2-5-9-6-4-8-7(9)3-1;2*1-2-4-7-6(3-1)8-5-9-7;1-2-6-7-3-4-8-9(6)5-1;1-2-7-6-8-3-5-9(6)4-1;1-2-6-4-3-5-1;1-2-5-4-6-3-1/h1-7H;1-6H;4*1-5H;2*1-4H. The molecule has 11 aromatic heterocycles. The predicted molar refractivity (Wildman–Crippen MR) is 261 cm³/mol. The molecular formula is C50H41N15OS. The van der Waals surface area contributed by atoms with Crippen LogP contribution in [0.3, 0.4) is 0 Å². The molecule has 14 aromatic rings. The average Bonchev–Trinajstić information content (AvgIpc) is 4.29. The molecule has 0 N–H and O–H groups in total. The Kier molecular flexibility index (Phi) is 17.8. The maximum atomic E-state index is 5.01. The van der Waals surface area contributed by atoms with Gasteiger partial charge in [0.25, 0.3) is 0 Å². The van der Waals surface area contributed by atoms with Crippen LogP contribution in [-0.4, -0.2) is 73.2 Å². The molecule has 11 heterocycles. The van der Waals surface area contributed by atoms with Crippen LogP contribution < -0.4 is 0 Å². The molecule has 0 aliphatic carbocycles. The van der Waals surface area contributed by atoms with E-state index in [1.54, 1.807) is 90.1 Å². The van der Waals surface area contributed by atoms with Gasteiger partial charge < -0.3 is 8.82 Å². The van der Waals surface area contributed by atoms with Gasteiger partial charge in [0.1, 0.15) is 17.5 Å². The number of oxazole rings is 1. The SMILES string of the molecule is c1cc2nccnn2c1.c1ccc2ncccc2c1.c1ccc2ocnc2c1.c1ccc2scnc2c1.c1ccn2ccnc2c1.c1cnc2nccn2c1.c1cnccn1.c1cncnc1. The van der Waals surface area contributed by atoms with Gasteiger partial charge in [0.15, 0.2) is 17.6 Å². The van der Waals surface area contributed by atoms with E-state index in [1.807, 2.05) is 155 Å². The average molecular weight is 900 g/mol. The van der Waals surface area contributed by atoms with Crippen molar-refractivity contribution in [1.29, 1.82) is 0 Å². The number of rotatable bonds is 0. The minimum absolute atomic E-state index is 0.748. The summed E-state index contributed by atoms with van der Waals surface area (Å²) in [5, 5.41) is 5.19. The number of aromatic nitrogens is 15. The van der Waals surface area contributed by atoms with Crippen molar-refractivity contribution < 1.29 is 4.42 Å². The Labute approximate surface area is 387 Å². The fourth-order valence-corrected chi connectivity index (χ4v) is 6.21. The van der Waals surface area contributed by atoms with Crippen LogP contribution in [0.4, 0.5) is 0 Å². The molecule has 0 saturated heterocycles. The molecule has 17 heteroatoms. The minimum Gasteiger partial charge on any atom is -0.443 e. The number of benzene rings is 3. The second-order valence-electron chi connectivity index (χ2n) is 13.0. The van der Waals surface area contributed by atoms with Gasteiger partial charge in [-0.15, -0.1) is 11.3 Å². The second-order valence-corrected chi connectivity index (χ2v) is 13.9. The molecular weight excluding hydrogens is 859 g/mol. The summed E-state index contributed by atoms with van der Waals surface area (Å²) in [7, 11) is 0. The molecule has 0 atom stereocenters. The highest BCUT2D eigenvalue weighted by atomic mass is 32.1. The van der Waals surface area contributed by atoms with Gasteiger partial charge in [-0.05, 0) is 72.8 Å². The Morgan fingerprint density at radius 3 is 1.79 bits per heavy atom. The molecule has 3 aromatic carbocycles. The number of thiazole rings is 1. The molecule has 16 nitrogen and oxygen atoms in total. The molecule has 0 bridgehead atoms. The summed E-state index contributed by atoms with van der Waals surface area (Å²) >= 11 is 1.68. The molecule has 0 aliphatic rings. The lowest BCUT2D eigenvalue weighted by Crippen LogP contribution is -1.88. The predicted octanol–water partition coefficient (Wildman–Crippen LogP) is 10.1. The van der Waals surface area contributed by atoms with Crippen molar-refractivity contribution in [3.8, 4) is 0 Å². The van der Waals surface area contributed by atoms with Crippen LogP contribution in [0.25, 0.3) is 49.3 Å². The molecule has 0 saturated carbocycles. The molecule has 0 amide bonds. The maximum Gasteiger partial charge on any atom is 0.233 e. The third-order valence-electron chi connectivity index (χ3n) is 8.59. The van der Waals surface area contributed by atoms with Gasteiger partial charge in [-0.2, -0.15) is 5.10 Å². The van der Waals surface area contributed by atoms with E-state index in [2.05, 4.69) is 78.1 Å². The highest BCUT2D eigenvalue weighted by Crippen LogP contribution is 2.15. The van der Waals surface area contributed by atoms with Crippen LogP contribution in [0.1, 0.15) is 0 Å². The molecule has 328 valence electrons. The Hall–Kier alpha value is -9.48.